The van der Waals surface area contributed by atoms with Gasteiger partial charge in [-0.3, -0.25) is 4.79 Å². The highest BCUT2D eigenvalue weighted by atomic mass is 79.9. The summed E-state index contributed by atoms with van der Waals surface area (Å²) >= 11 is 3.16. The second-order valence-corrected chi connectivity index (χ2v) is 7.28. The van der Waals surface area contributed by atoms with E-state index in [-0.39, 0.29) is 17.1 Å². The lowest BCUT2D eigenvalue weighted by Crippen LogP contribution is -2.35. The Kier molecular flexibility index (Phi) is 3.72. The molecule has 0 radical (unpaired) electrons. The van der Waals surface area contributed by atoms with Crippen LogP contribution >= 0.6 is 15.9 Å². The van der Waals surface area contributed by atoms with Crippen LogP contribution in [0.25, 0.3) is 0 Å². The number of halogens is 2. The molecule has 2 rings (SSSR count). The van der Waals surface area contributed by atoms with Crippen molar-refractivity contribution in [2.75, 3.05) is 11.5 Å². The summed E-state index contributed by atoms with van der Waals surface area (Å²) < 4.78 is 36.0. The maximum atomic E-state index is 13.0. The predicted octanol–water partition coefficient (Wildman–Crippen LogP) is 1.51. The third-order valence-corrected chi connectivity index (χ3v) is 5.20. The van der Waals surface area contributed by atoms with Crippen molar-refractivity contribution in [2.45, 2.75) is 12.5 Å². The summed E-state index contributed by atoms with van der Waals surface area (Å²) in [7, 11) is -3.04. The SMILES string of the molecule is O=C(NC1CCS(=O)(=O)C1)c1cc(F)ccc1Br. The Morgan fingerprint density at radius 2 is 2.17 bits per heavy atom. The van der Waals surface area contributed by atoms with E-state index in [1.54, 1.807) is 0 Å². The van der Waals surface area contributed by atoms with Crippen molar-refractivity contribution in [3.8, 4) is 0 Å². The zero-order valence-electron chi connectivity index (χ0n) is 9.32. The molecule has 1 unspecified atom stereocenters. The van der Waals surface area contributed by atoms with Crippen LogP contribution in [-0.4, -0.2) is 31.9 Å². The number of hydrogen-bond acceptors (Lipinski definition) is 3. The molecule has 1 aliphatic rings. The molecule has 1 heterocycles. The monoisotopic (exact) mass is 335 g/mol. The van der Waals surface area contributed by atoms with Gasteiger partial charge in [0.1, 0.15) is 5.82 Å². The Labute approximate surface area is 113 Å². The quantitative estimate of drug-likeness (QED) is 0.890. The first kappa shape index (κ1) is 13.5. The molecular formula is C11H11BrFNO3S. The number of hydrogen-bond donors (Lipinski definition) is 1. The van der Waals surface area contributed by atoms with E-state index in [9.17, 15) is 17.6 Å². The second kappa shape index (κ2) is 4.97. The number of benzene rings is 1. The fraction of sp³-hybridized carbons (Fsp3) is 0.364. The van der Waals surface area contributed by atoms with Crippen molar-refractivity contribution >= 4 is 31.7 Å². The smallest absolute Gasteiger partial charge is 0.252 e. The normalized spacial score (nSPS) is 21.8. The average Bonchev–Trinajstić information content (AvgIpc) is 2.61. The minimum atomic E-state index is -3.04. The molecule has 0 aromatic heterocycles. The molecule has 1 aromatic rings. The van der Waals surface area contributed by atoms with Gasteiger partial charge in [0.05, 0.1) is 17.1 Å². The number of amides is 1. The lowest BCUT2D eigenvalue weighted by atomic mass is 10.2. The van der Waals surface area contributed by atoms with E-state index in [2.05, 4.69) is 21.2 Å². The molecule has 1 aromatic carbocycles. The van der Waals surface area contributed by atoms with Crippen molar-refractivity contribution in [1.29, 1.82) is 0 Å². The number of carbonyl (C=O) groups is 1. The van der Waals surface area contributed by atoms with Crippen LogP contribution in [0.5, 0.6) is 0 Å². The van der Waals surface area contributed by atoms with Gasteiger partial charge in [-0.2, -0.15) is 0 Å². The average molecular weight is 336 g/mol. The van der Waals surface area contributed by atoms with Gasteiger partial charge in [-0.15, -0.1) is 0 Å². The summed E-state index contributed by atoms with van der Waals surface area (Å²) in [6.45, 7) is 0. The van der Waals surface area contributed by atoms with Crippen LogP contribution in [0.15, 0.2) is 22.7 Å². The molecule has 1 fully saturated rings. The van der Waals surface area contributed by atoms with Crippen LogP contribution in [0.2, 0.25) is 0 Å². The van der Waals surface area contributed by atoms with E-state index >= 15 is 0 Å². The lowest BCUT2D eigenvalue weighted by molar-refractivity contribution is 0.0940. The fourth-order valence-corrected chi connectivity index (χ4v) is 3.94. The molecule has 1 aliphatic heterocycles. The van der Waals surface area contributed by atoms with Gasteiger partial charge in [-0.05, 0) is 40.5 Å². The minimum Gasteiger partial charge on any atom is -0.348 e. The summed E-state index contributed by atoms with van der Waals surface area (Å²) in [5.74, 6) is -0.945. The van der Waals surface area contributed by atoms with Crippen molar-refractivity contribution in [3.05, 3.63) is 34.1 Å². The Balaban J connectivity index is 2.11. The van der Waals surface area contributed by atoms with E-state index < -0.39 is 27.6 Å². The lowest BCUT2D eigenvalue weighted by Gasteiger charge is -2.11. The van der Waals surface area contributed by atoms with Gasteiger partial charge in [-0.1, -0.05) is 0 Å². The maximum Gasteiger partial charge on any atom is 0.252 e. The highest BCUT2D eigenvalue weighted by molar-refractivity contribution is 9.10. The summed E-state index contributed by atoms with van der Waals surface area (Å²) in [5, 5.41) is 2.60. The molecular weight excluding hydrogens is 325 g/mol. The molecule has 7 heteroatoms. The fourth-order valence-electron chi connectivity index (χ4n) is 1.84. The van der Waals surface area contributed by atoms with E-state index in [4.69, 9.17) is 0 Å². The van der Waals surface area contributed by atoms with Gasteiger partial charge in [0.15, 0.2) is 9.84 Å². The Morgan fingerprint density at radius 1 is 1.44 bits per heavy atom. The Hall–Kier alpha value is -0.950. The molecule has 1 amide bonds. The molecule has 1 atom stereocenters. The van der Waals surface area contributed by atoms with E-state index in [0.29, 0.717) is 10.9 Å². The molecule has 0 aliphatic carbocycles. The van der Waals surface area contributed by atoms with E-state index in [0.717, 1.165) is 6.07 Å². The van der Waals surface area contributed by atoms with Gasteiger partial charge in [-0.25, -0.2) is 12.8 Å². The van der Waals surface area contributed by atoms with Crippen molar-refractivity contribution in [1.82, 2.24) is 5.32 Å². The molecule has 0 bridgehead atoms. The van der Waals surface area contributed by atoms with E-state index in [1.807, 2.05) is 0 Å². The molecule has 1 saturated heterocycles. The summed E-state index contributed by atoms with van der Waals surface area (Å²) in [6.07, 6.45) is 0.404. The van der Waals surface area contributed by atoms with Crippen LogP contribution < -0.4 is 5.32 Å². The van der Waals surface area contributed by atoms with Crippen molar-refractivity contribution < 1.29 is 17.6 Å². The summed E-state index contributed by atoms with van der Waals surface area (Å²) in [4.78, 5) is 11.9. The van der Waals surface area contributed by atoms with Crippen molar-refractivity contribution in [2.24, 2.45) is 0 Å². The van der Waals surface area contributed by atoms with Gasteiger partial charge in [0, 0.05) is 10.5 Å². The molecule has 98 valence electrons. The molecule has 0 spiro atoms. The summed E-state index contributed by atoms with van der Waals surface area (Å²) in [5.41, 5.74) is 0.166. The van der Waals surface area contributed by atoms with Crippen molar-refractivity contribution in [3.63, 3.8) is 0 Å². The largest absolute Gasteiger partial charge is 0.348 e. The van der Waals surface area contributed by atoms with Gasteiger partial charge in [0.25, 0.3) is 5.91 Å². The zero-order valence-corrected chi connectivity index (χ0v) is 11.7. The van der Waals surface area contributed by atoms with Crippen LogP contribution in [0.4, 0.5) is 4.39 Å². The first-order chi connectivity index (χ1) is 8.37. The minimum absolute atomic E-state index is 0.0499. The second-order valence-electron chi connectivity index (χ2n) is 4.20. The highest BCUT2D eigenvalue weighted by Crippen LogP contribution is 2.19. The third-order valence-electron chi connectivity index (χ3n) is 2.74. The zero-order chi connectivity index (χ0) is 13.3. The van der Waals surface area contributed by atoms with Gasteiger partial charge >= 0.3 is 0 Å². The third kappa shape index (κ3) is 3.08. The highest BCUT2D eigenvalue weighted by Gasteiger charge is 2.29. The predicted molar refractivity (Wildman–Crippen MR) is 68.6 cm³/mol. The Morgan fingerprint density at radius 3 is 2.78 bits per heavy atom. The molecule has 0 saturated carbocycles. The number of rotatable bonds is 2. The Bertz CT molecular complexity index is 588. The number of nitrogens with one attached hydrogen (secondary N) is 1. The van der Waals surface area contributed by atoms with Crippen LogP contribution in [0, 0.1) is 5.82 Å². The summed E-state index contributed by atoms with van der Waals surface area (Å²) in [6, 6.07) is 3.40. The molecule has 18 heavy (non-hydrogen) atoms. The van der Waals surface area contributed by atoms with Crippen LogP contribution in [0.3, 0.4) is 0 Å². The van der Waals surface area contributed by atoms with Gasteiger partial charge < -0.3 is 5.32 Å². The maximum absolute atomic E-state index is 13.0. The first-order valence-corrected chi connectivity index (χ1v) is 7.95. The van der Waals surface area contributed by atoms with E-state index in [1.165, 1.54) is 12.1 Å². The topological polar surface area (TPSA) is 63.2 Å². The van der Waals surface area contributed by atoms with Crippen LogP contribution in [0.1, 0.15) is 16.8 Å². The first-order valence-electron chi connectivity index (χ1n) is 5.34. The standard InChI is InChI=1S/C11H11BrFNO3S/c12-10-2-1-7(13)5-9(10)11(15)14-8-3-4-18(16,17)6-8/h1-2,5,8H,3-4,6H2,(H,14,15). The number of carbonyl (C=O) groups excluding carboxylic acids is 1. The molecule has 4 nitrogen and oxygen atoms in total. The van der Waals surface area contributed by atoms with Gasteiger partial charge in [0.2, 0.25) is 0 Å². The number of sulfone groups is 1. The van der Waals surface area contributed by atoms with Crippen LogP contribution in [-0.2, 0) is 9.84 Å². The molecule has 1 N–H and O–H groups in total.